The zero-order chi connectivity index (χ0) is 23.3. The number of hydrogen-bond acceptors (Lipinski definition) is 5. The maximum atomic E-state index is 13.5. The van der Waals surface area contributed by atoms with Crippen LogP contribution in [0.4, 0.5) is 10.1 Å². The number of nitro benzene ring substituents is 1. The minimum atomic E-state index is -0.849. The van der Waals surface area contributed by atoms with E-state index in [1.165, 1.54) is 53.4 Å². The van der Waals surface area contributed by atoms with Gasteiger partial charge in [0.2, 0.25) is 5.76 Å². The Bertz CT molecular complexity index is 1480. The lowest BCUT2D eigenvalue weighted by atomic mass is 9.98. The number of hydrogen-bond donors (Lipinski definition) is 0. The molecule has 0 radical (unpaired) electrons. The van der Waals surface area contributed by atoms with E-state index in [4.69, 9.17) is 16.0 Å². The normalized spacial score (nSPS) is 15.2. The van der Waals surface area contributed by atoms with Crippen molar-refractivity contribution in [3.8, 4) is 0 Å². The zero-order valence-corrected chi connectivity index (χ0v) is 17.6. The molecule has 1 atom stereocenters. The van der Waals surface area contributed by atoms with E-state index in [1.54, 1.807) is 18.2 Å². The molecular weight excluding hydrogens is 451 g/mol. The van der Waals surface area contributed by atoms with E-state index in [1.807, 2.05) is 0 Å². The molecule has 0 saturated carbocycles. The second-order valence-corrected chi connectivity index (χ2v) is 8.06. The van der Waals surface area contributed by atoms with Crippen molar-refractivity contribution in [3.05, 3.63) is 120 Å². The quantitative estimate of drug-likeness (QED) is 0.304. The van der Waals surface area contributed by atoms with Gasteiger partial charge in [-0.2, -0.15) is 0 Å². The highest BCUT2D eigenvalue weighted by atomic mass is 35.5. The molecule has 7 nitrogen and oxygen atoms in total. The summed E-state index contributed by atoms with van der Waals surface area (Å²) in [6.07, 6.45) is 0. The van der Waals surface area contributed by atoms with Crippen molar-refractivity contribution in [1.82, 2.24) is 4.90 Å². The van der Waals surface area contributed by atoms with Gasteiger partial charge >= 0.3 is 0 Å². The lowest BCUT2D eigenvalue weighted by molar-refractivity contribution is -0.384. The smallest absolute Gasteiger partial charge is 0.291 e. The third-order valence-corrected chi connectivity index (χ3v) is 5.85. The Hall–Kier alpha value is -4.04. The van der Waals surface area contributed by atoms with Crippen molar-refractivity contribution in [3.63, 3.8) is 0 Å². The lowest BCUT2D eigenvalue weighted by Gasteiger charge is -2.25. The highest BCUT2D eigenvalue weighted by Crippen LogP contribution is 2.39. The summed E-state index contributed by atoms with van der Waals surface area (Å²) in [5.74, 6) is -1.02. The summed E-state index contributed by atoms with van der Waals surface area (Å²) in [7, 11) is 0. The fourth-order valence-corrected chi connectivity index (χ4v) is 4.24. The van der Waals surface area contributed by atoms with Crippen LogP contribution in [-0.2, 0) is 6.54 Å². The van der Waals surface area contributed by atoms with Gasteiger partial charge in [0.1, 0.15) is 11.4 Å². The number of carbonyl (C=O) groups is 1. The average molecular weight is 465 g/mol. The fraction of sp³-hybridized carbons (Fsp3) is 0.0833. The van der Waals surface area contributed by atoms with Crippen molar-refractivity contribution in [1.29, 1.82) is 0 Å². The van der Waals surface area contributed by atoms with Crippen LogP contribution < -0.4 is 5.43 Å². The molecule has 4 aromatic rings. The van der Waals surface area contributed by atoms with E-state index < -0.39 is 28.1 Å². The molecule has 0 bridgehead atoms. The molecule has 3 aromatic carbocycles. The zero-order valence-electron chi connectivity index (χ0n) is 16.8. The molecule has 1 unspecified atom stereocenters. The lowest BCUT2D eigenvalue weighted by Crippen LogP contribution is -2.29. The molecule has 0 saturated heterocycles. The van der Waals surface area contributed by atoms with Gasteiger partial charge < -0.3 is 9.32 Å². The van der Waals surface area contributed by atoms with Gasteiger partial charge in [-0.1, -0.05) is 23.7 Å². The van der Waals surface area contributed by atoms with Crippen molar-refractivity contribution in [2.45, 2.75) is 12.6 Å². The molecule has 2 heterocycles. The van der Waals surface area contributed by atoms with Crippen LogP contribution in [0.25, 0.3) is 11.0 Å². The Balaban J connectivity index is 1.70. The van der Waals surface area contributed by atoms with Crippen molar-refractivity contribution < 1.29 is 18.5 Å². The molecule has 0 aliphatic carbocycles. The Morgan fingerprint density at radius 2 is 1.73 bits per heavy atom. The Kier molecular flexibility index (Phi) is 4.94. The third kappa shape index (κ3) is 3.54. The minimum absolute atomic E-state index is 0.0709. The molecule has 0 fully saturated rings. The maximum Gasteiger partial charge on any atom is 0.291 e. The summed E-state index contributed by atoms with van der Waals surface area (Å²) in [5.41, 5.74) is 0.971. The van der Waals surface area contributed by atoms with Crippen LogP contribution in [0.2, 0.25) is 5.02 Å². The molecule has 1 amide bonds. The van der Waals surface area contributed by atoms with E-state index in [9.17, 15) is 24.1 Å². The molecule has 0 spiro atoms. The number of non-ortho nitro benzene ring substituents is 1. The Labute approximate surface area is 190 Å². The predicted octanol–water partition coefficient (Wildman–Crippen LogP) is 5.24. The van der Waals surface area contributed by atoms with Crippen LogP contribution in [-0.4, -0.2) is 15.7 Å². The van der Waals surface area contributed by atoms with Crippen LogP contribution in [0.1, 0.15) is 33.3 Å². The van der Waals surface area contributed by atoms with Crippen LogP contribution in [0.3, 0.4) is 0 Å². The second kappa shape index (κ2) is 7.83. The first kappa shape index (κ1) is 20.8. The summed E-state index contributed by atoms with van der Waals surface area (Å²) in [4.78, 5) is 38.8. The number of rotatable bonds is 4. The summed E-state index contributed by atoms with van der Waals surface area (Å²) >= 11 is 6.07. The van der Waals surface area contributed by atoms with Crippen LogP contribution in [0.5, 0.6) is 0 Å². The topological polar surface area (TPSA) is 93.7 Å². The predicted molar refractivity (Wildman–Crippen MR) is 119 cm³/mol. The highest BCUT2D eigenvalue weighted by Gasteiger charge is 2.42. The van der Waals surface area contributed by atoms with E-state index in [0.717, 1.165) is 0 Å². The van der Waals surface area contributed by atoms with Gasteiger partial charge in [-0.25, -0.2) is 4.39 Å². The number of nitrogens with zero attached hydrogens (tertiary/aromatic N) is 2. The van der Waals surface area contributed by atoms with E-state index in [-0.39, 0.29) is 34.5 Å². The Morgan fingerprint density at radius 3 is 2.39 bits per heavy atom. The molecule has 33 heavy (non-hydrogen) atoms. The SMILES string of the molecule is O=C1c2oc3ccc(Cl)cc3c(=O)c2C(c2ccc([N+](=O)[O-])cc2)N1Cc1ccc(F)cc1. The molecule has 1 aliphatic rings. The number of fused-ring (bicyclic) bond motifs is 2. The summed E-state index contributed by atoms with van der Waals surface area (Å²) < 4.78 is 19.2. The van der Waals surface area contributed by atoms with Gasteiger partial charge in [-0.05, 0) is 53.6 Å². The van der Waals surface area contributed by atoms with Crippen molar-refractivity contribution in [2.75, 3.05) is 0 Å². The second-order valence-electron chi connectivity index (χ2n) is 7.63. The average Bonchev–Trinajstić information content (AvgIpc) is 3.08. The summed E-state index contributed by atoms with van der Waals surface area (Å²) in [6, 6.07) is 15.0. The number of nitro groups is 1. The molecule has 164 valence electrons. The minimum Gasteiger partial charge on any atom is -0.450 e. The van der Waals surface area contributed by atoms with Gasteiger partial charge in [0.25, 0.3) is 11.6 Å². The molecule has 5 rings (SSSR count). The molecular formula is C24H14ClFN2O5. The molecule has 0 N–H and O–H groups in total. The van der Waals surface area contributed by atoms with Gasteiger partial charge in [0, 0.05) is 23.7 Å². The molecule has 1 aromatic heterocycles. The first-order valence-electron chi connectivity index (χ1n) is 9.89. The van der Waals surface area contributed by atoms with E-state index >= 15 is 0 Å². The number of carbonyl (C=O) groups excluding carboxylic acids is 1. The highest BCUT2D eigenvalue weighted by molar-refractivity contribution is 6.31. The van der Waals surface area contributed by atoms with E-state index in [0.29, 0.717) is 16.1 Å². The fourth-order valence-electron chi connectivity index (χ4n) is 4.07. The van der Waals surface area contributed by atoms with Gasteiger partial charge in [-0.15, -0.1) is 0 Å². The van der Waals surface area contributed by atoms with Crippen molar-refractivity contribution >= 4 is 34.2 Å². The number of halogens is 2. The first-order chi connectivity index (χ1) is 15.8. The van der Waals surface area contributed by atoms with Gasteiger partial charge in [0.15, 0.2) is 5.43 Å². The summed E-state index contributed by atoms with van der Waals surface area (Å²) in [6.45, 7) is 0.0709. The van der Waals surface area contributed by atoms with Gasteiger partial charge in [-0.3, -0.25) is 19.7 Å². The monoisotopic (exact) mass is 464 g/mol. The van der Waals surface area contributed by atoms with E-state index in [2.05, 4.69) is 0 Å². The third-order valence-electron chi connectivity index (χ3n) is 5.61. The molecule has 1 aliphatic heterocycles. The number of amides is 1. The van der Waals surface area contributed by atoms with Crippen LogP contribution >= 0.6 is 11.6 Å². The van der Waals surface area contributed by atoms with Crippen LogP contribution in [0.15, 0.2) is 75.9 Å². The van der Waals surface area contributed by atoms with Gasteiger partial charge in [0.05, 0.1) is 21.9 Å². The molecule has 9 heteroatoms. The number of benzene rings is 3. The largest absolute Gasteiger partial charge is 0.450 e. The van der Waals surface area contributed by atoms with Crippen LogP contribution in [0, 0.1) is 15.9 Å². The summed E-state index contributed by atoms with van der Waals surface area (Å²) in [5, 5.41) is 11.7. The standard InChI is InChI=1S/C24H14ClFN2O5/c25-15-5-10-19-18(11-15)22(29)20-21(14-3-8-17(9-4-14)28(31)32)27(24(30)23(20)33-19)12-13-1-6-16(26)7-2-13/h1-11,21H,12H2. The maximum absolute atomic E-state index is 13.5. The van der Waals surface area contributed by atoms with Crippen molar-refractivity contribution in [2.24, 2.45) is 0 Å². The first-order valence-corrected chi connectivity index (χ1v) is 10.3. The Morgan fingerprint density at radius 1 is 1.03 bits per heavy atom.